The summed E-state index contributed by atoms with van der Waals surface area (Å²) in [6.07, 6.45) is 3.95. The molecule has 0 radical (unpaired) electrons. The predicted molar refractivity (Wildman–Crippen MR) is 104 cm³/mol. The minimum atomic E-state index is 0.699. The van der Waals surface area contributed by atoms with E-state index in [-0.39, 0.29) is 0 Å². The van der Waals surface area contributed by atoms with Crippen LogP contribution in [0.3, 0.4) is 0 Å². The van der Waals surface area contributed by atoms with Crippen LogP contribution in [0, 0.1) is 0 Å². The molecule has 0 saturated heterocycles. The fourth-order valence-electron chi connectivity index (χ4n) is 2.65. The number of aryl methyl sites for hydroxylation is 2. The quantitative estimate of drug-likeness (QED) is 0.634. The lowest BCUT2D eigenvalue weighted by Crippen LogP contribution is -1.94. The second kappa shape index (κ2) is 9.02. The number of aliphatic imine (C=N–C) groups is 1. The number of rotatable bonds is 5. The Morgan fingerprint density at radius 3 is 2.50 bits per heavy atom. The van der Waals surface area contributed by atoms with E-state index in [9.17, 15) is 0 Å². The largest absolute Gasteiger partial charge is 0.337 e. The molecule has 0 bridgehead atoms. The van der Waals surface area contributed by atoms with Crippen molar-refractivity contribution in [3.05, 3.63) is 65.0 Å². The summed E-state index contributed by atoms with van der Waals surface area (Å²) in [5.74, 6) is 0.810. The number of benzene rings is 2. The molecule has 0 aliphatic carbocycles. The molecular formula is C21H27N3. The predicted octanol–water partition coefficient (Wildman–Crippen LogP) is 5.33. The first kappa shape index (κ1) is 17.9. The van der Waals surface area contributed by atoms with Crippen molar-refractivity contribution in [2.75, 3.05) is 0 Å². The summed E-state index contributed by atoms with van der Waals surface area (Å²) < 4.78 is 0. The van der Waals surface area contributed by atoms with E-state index in [0.717, 1.165) is 29.7 Å². The van der Waals surface area contributed by atoms with Gasteiger partial charge in [0.15, 0.2) is 0 Å². The van der Waals surface area contributed by atoms with Gasteiger partial charge in [0.05, 0.1) is 23.8 Å². The lowest BCUT2D eigenvalue weighted by Gasteiger charge is -2.07. The molecule has 0 spiro atoms. The first-order valence-electron chi connectivity index (χ1n) is 8.85. The van der Waals surface area contributed by atoms with Crippen LogP contribution < -0.4 is 0 Å². The molecule has 24 heavy (non-hydrogen) atoms. The topological polar surface area (TPSA) is 41.0 Å². The second-order valence-electron chi connectivity index (χ2n) is 5.42. The molecule has 1 heterocycles. The highest BCUT2D eigenvalue weighted by Crippen LogP contribution is 2.15. The van der Waals surface area contributed by atoms with Crippen molar-refractivity contribution < 1.29 is 0 Å². The molecule has 3 nitrogen and oxygen atoms in total. The fourth-order valence-corrected chi connectivity index (χ4v) is 2.65. The number of fused-ring (bicyclic) bond motifs is 1. The van der Waals surface area contributed by atoms with E-state index in [0.29, 0.717) is 6.54 Å². The van der Waals surface area contributed by atoms with Crippen LogP contribution in [0.4, 0.5) is 0 Å². The number of aromatic amines is 1. The average Bonchev–Trinajstić information content (AvgIpc) is 3.06. The summed E-state index contributed by atoms with van der Waals surface area (Å²) in [5.41, 5.74) is 6.10. The highest BCUT2D eigenvalue weighted by atomic mass is 14.9. The number of hydrogen-bond donors (Lipinski definition) is 1. The smallest absolute Gasteiger partial charge is 0.149 e. The van der Waals surface area contributed by atoms with Crippen molar-refractivity contribution in [3.63, 3.8) is 0 Å². The van der Waals surface area contributed by atoms with Gasteiger partial charge in [-0.3, -0.25) is 4.99 Å². The molecule has 0 atom stereocenters. The first-order chi connectivity index (χ1) is 11.8. The third-order valence-electron chi connectivity index (χ3n) is 3.94. The molecule has 3 aromatic rings. The Kier molecular flexibility index (Phi) is 6.74. The summed E-state index contributed by atoms with van der Waals surface area (Å²) in [6, 6.07) is 14.7. The summed E-state index contributed by atoms with van der Waals surface area (Å²) in [4.78, 5) is 12.3. The van der Waals surface area contributed by atoms with E-state index < -0.39 is 0 Å². The van der Waals surface area contributed by atoms with Gasteiger partial charge in [-0.15, -0.1) is 0 Å². The van der Waals surface area contributed by atoms with Gasteiger partial charge in [0.25, 0.3) is 0 Å². The molecule has 0 amide bonds. The van der Waals surface area contributed by atoms with Crippen LogP contribution in [-0.2, 0) is 19.4 Å². The highest BCUT2D eigenvalue weighted by Gasteiger charge is 2.02. The number of hydrogen-bond acceptors (Lipinski definition) is 2. The third kappa shape index (κ3) is 4.31. The number of nitrogens with zero attached hydrogens (tertiary/aromatic N) is 2. The van der Waals surface area contributed by atoms with Gasteiger partial charge >= 0.3 is 0 Å². The standard InChI is InChI=1S/C19H21N3.C2H6/c1-3-14-9-10-16(15(4-2)11-14)12-20-13-19-21-17-7-5-6-8-18(17)22-19;1-2/h5-11,13H,3-4,12H2,1-2H3,(H,21,22);1-2H3. The van der Waals surface area contributed by atoms with Gasteiger partial charge in [-0.2, -0.15) is 0 Å². The Balaban J connectivity index is 0.00000100. The summed E-state index contributed by atoms with van der Waals surface area (Å²) >= 11 is 0. The van der Waals surface area contributed by atoms with Gasteiger partial charge in [0, 0.05) is 0 Å². The van der Waals surface area contributed by atoms with Crippen LogP contribution in [0.25, 0.3) is 11.0 Å². The van der Waals surface area contributed by atoms with Crippen molar-refractivity contribution in [1.29, 1.82) is 0 Å². The molecule has 3 rings (SSSR count). The molecule has 1 N–H and O–H groups in total. The van der Waals surface area contributed by atoms with E-state index in [2.05, 4.69) is 47.0 Å². The third-order valence-corrected chi connectivity index (χ3v) is 3.94. The van der Waals surface area contributed by atoms with E-state index in [4.69, 9.17) is 0 Å². The summed E-state index contributed by atoms with van der Waals surface area (Å²) in [7, 11) is 0. The minimum absolute atomic E-state index is 0.699. The van der Waals surface area contributed by atoms with Gasteiger partial charge in [-0.1, -0.05) is 58.0 Å². The maximum absolute atomic E-state index is 4.55. The van der Waals surface area contributed by atoms with Gasteiger partial charge in [-0.05, 0) is 41.7 Å². The van der Waals surface area contributed by atoms with Crippen LogP contribution in [0.2, 0.25) is 0 Å². The van der Waals surface area contributed by atoms with Crippen LogP contribution in [0.1, 0.15) is 50.2 Å². The maximum Gasteiger partial charge on any atom is 0.149 e. The molecule has 2 aromatic carbocycles. The molecule has 126 valence electrons. The highest BCUT2D eigenvalue weighted by molar-refractivity contribution is 5.83. The molecule has 0 aliphatic rings. The number of nitrogens with one attached hydrogen (secondary N) is 1. The van der Waals surface area contributed by atoms with Gasteiger partial charge in [0.1, 0.15) is 5.82 Å². The minimum Gasteiger partial charge on any atom is -0.337 e. The van der Waals surface area contributed by atoms with E-state index >= 15 is 0 Å². The zero-order valence-corrected chi connectivity index (χ0v) is 15.1. The van der Waals surface area contributed by atoms with E-state index in [1.54, 1.807) is 0 Å². The lowest BCUT2D eigenvalue weighted by atomic mass is 10.0. The normalized spacial score (nSPS) is 10.8. The second-order valence-corrected chi connectivity index (χ2v) is 5.42. The Labute approximate surface area is 144 Å². The molecular weight excluding hydrogens is 294 g/mol. The van der Waals surface area contributed by atoms with Crippen LogP contribution in [0.15, 0.2) is 47.5 Å². The van der Waals surface area contributed by atoms with Crippen LogP contribution in [0.5, 0.6) is 0 Å². The average molecular weight is 321 g/mol. The fraction of sp³-hybridized carbons (Fsp3) is 0.333. The summed E-state index contributed by atoms with van der Waals surface area (Å²) in [6.45, 7) is 9.08. The van der Waals surface area contributed by atoms with Gasteiger partial charge < -0.3 is 4.98 Å². The Morgan fingerprint density at radius 1 is 1.00 bits per heavy atom. The lowest BCUT2D eigenvalue weighted by molar-refractivity contribution is 0.990. The van der Waals surface area contributed by atoms with Gasteiger partial charge in [0.2, 0.25) is 0 Å². The Bertz CT molecular complexity index is 767. The van der Waals surface area contributed by atoms with Crippen molar-refractivity contribution >= 4 is 17.2 Å². The molecule has 0 saturated carbocycles. The SMILES string of the molecule is CC.CCc1ccc(CN=Cc2nc3ccccc3[nH]2)c(CC)c1. The number of H-pyrrole nitrogens is 1. The monoisotopic (exact) mass is 321 g/mol. The molecule has 0 unspecified atom stereocenters. The van der Waals surface area contributed by atoms with Crippen molar-refractivity contribution in [2.24, 2.45) is 4.99 Å². The van der Waals surface area contributed by atoms with Crippen molar-refractivity contribution in [1.82, 2.24) is 9.97 Å². The van der Waals surface area contributed by atoms with Crippen LogP contribution in [-0.4, -0.2) is 16.2 Å². The van der Waals surface area contributed by atoms with Crippen molar-refractivity contribution in [2.45, 2.75) is 47.1 Å². The Hall–Kier alpha value is -2.42. The number of para-hydroxylation sites is 2. The Morgan fingerprint density at radius 2 is 1.79 bits per heavy atom. The molecule has 1 aromatic heterocycles. The first-order valence-corrected chi connectivity index (χ1v) is 8.85. The van der Waals surface area contributed by atoms with Gasteiger partial charge in [-0.25, -0.2) is 4.98 Å². The zero-order valence-electron chi connectivity index (χ0n) is 15.1. The van der Waals surface area contributed by atoms with Crippen LogP contribution >= 0.6 is 0 Å². The zero-order chi connectivity index (χ0) is 17.4. The summed E-state index contributed by atoms with van der Waals surface area (Å²) in [5, 5.41) is 0. The number of imidazole rings is 1. The number of aromatic nitrogens is 2. The maximum atomic E-state index is 4.55. The van der Waals surface area contributed by atoms with Crippen molar-refractivity contribution in [3.8, 4) is 0 Å². The molecule has 0 fully saturated rings. The molecule has 0 aliphatic heterocycles. The molecule has 3 heteroatoms. The van der Waals surface area contributed by atoms with E-state index in [1.165, 1.54) is 16.7 Å². The van der Waals surface area contributed by atoms with E-state index in [1.807, 2.05) is 44.3 Å².